The summed E-state index contributed by atoms with van der Waals surface area (Å²) in [7, 11) is 1.58. The molecule has 0 N–H and O–H groups in total. The normalized spacial score (nSPS) is 28.0. The molecule has 1 unspecified atom stereocenters. The molecule has 4 atom stereocenters. The van der Waals surface area contributed by atoms with Crippen molar-refractivity contribution in [3.63, 3.8) is 0 Å². The summed E-state index contributed by atoms with van der Waals surface area (Å²) in [5, 5.41) is 6.16. The van der Waals surface area contributed by atoms with Gasteiger partial charge < -0.3 is 9.64 Å². The van der Waals surface area contributed by atoms with Crippen molar-refractivity contribution in [2.24, 2.45) is 22.9 Å². The lowest BCUT2D eigenvalue weighted by atomic mass is 10.0. The maximum absolute atomic E-state index is 13.3. The third-order valence-corrected chi connectivity index (χ3v) is 6.47. The Morgan fingerprint density at radius 2 is 1.86 bits per heavy atom. The number of ether oxygens (including phenoxy) is 1. The Kier molecular flexibility index (Phi) is 4.66. The van der Waals surface area contributed by atoms with Crippen molar-refractivity contribution >= 4 is 17.9 Å². The smallest absolute Gasteiger partial charge is 0.318 e. The minimum absolute atomic E-state index is 0.0362. The number of amides is 1. The first-order chi connectivity index (χ1) is 14.2. The largest absolute Gasteiger partial charge is 0.467 e. The van der Waals surface area contributed by atoms with Crippen LogP contribution in [0.4, 0.5) is 5.82 Å². The number of aromatic nitrogens is 2. The van der Waals surface area contributed by atoms with Crippen molar-refractivity contribution in [2.75, 3.05) is 25.1 Å². The minimum atomic E-state index is 0.0362. The first-order valence-corrected chi connectivity index (χ1v) is 10.3. The Balaban J connectivity index is 1.24. The lowest BCUT2D eigenvalue weighted by molar-refractivity contribution is -0.137. The topological polar surface area (TPSA) is 70.9 Å². The van der Waals surface area contributed by atoms with E-state index >= 15 is 0 Å². The molecular weight excluding hydrogens is 366 g/mol. The van der Waals surface area contributed by atoms with Crippen LogP contribution in [0.15, 0.2) is 47.7 Å². The van der Waals surface area contributed by atoms with Crippen LogP contribution in [0.1, 0.15) is 30.9 Å². The minimum Gasteiger partial charge on any atom is -0.467 e. The van der Waals surface area contributed by atoms with E-state index < -0.39 is 0 Å². The zero-order valence-corrected chi connectivity index (χ0v) is 16.5. The SMILES string of the molecule is COc1nccc(N2C[C@H]3CC(C(=O)N4N=CC[C@H]4c4ccccc4)C[C@H]3C2)n1. The first kappa shape index (κ1) is 18.1. The number of rotatable bonds is 4. The van der Waals surface area contributed by atoms with Gasteiger partial charge in [-0.25, -0.2) is 9.99 Å². The Morgan fingerprint density at radius 3 is 2.59 bits per heavy atom. The van der Waals surface area contributed by atoms with Crippen molar-refractivity contribution in [3.8, 4) is 6.01 Å². The molecule has 1 aromatic heterocycles. The van der Waals surface area contributed by atoms with Crippen molar-refractivity contribution in [2.45, 2.75) is 25.3 Å². The molecule has 7 heteroatoms. The Morgan fingerprint density at radius 1 is 1.10 bits per heavy atom. The maximum Gasteiger partial charge on any atom is 0.318 e. The second-order valence-electron chi connectivity index (χ2n) is 8.14. The zero-order chi connectivity index (χ0) is 19.8. The average molecular weight is 391 g/mol. The third kappa shape index (κ3) is 3.34. The van der Waals surface area contributed by atoms with Crippen LogP contribution in [-0.2, 0) is 4.79 Å². The molecule has 1 saturated carbocycles. The van der Waals surface area contributed by atoms with Gasteiger partial charge in [-0.3, -0.25) is 4.79 Å². The highest BCUT2D eigenvalue weighted by atomic mass is 16.5. The van der Waals surface area contributed by atoms with E-state index in [9.17, 15) is 4.79 Å². The molecular formula is C22H25N5O2. The molecule has 2 aromatic rings. The lowest BCUT2D eigenvalue weighted by Gasteiger charge is -2.26. The number of hydrogen-bond acceptors (Lipinski definition) is 6. The molecule has 3 heterocycles. The van der Waals surface area contributed by atoms with E-state index in [-0.39, 0.29) is 17.9 Å². The summed E-state index contributed by atoms with van der Waals surface area (Å²) in [6.07, 6.45) is 6.25. The highest BCUT2D eigenvalue weighted by molar-refractivity contribution is 5.82. The quantitative estimate of drug-likeness (QED) is 0.801. The molecule has 0 bridgehead atoms. The lowest BCUT2D eigenvalue weighted by Crippen LogP contribution is -2.33. The van der Waals surface area contributed by atoms with Crippen molar-refractivity contribution < 1.29 is 9.53 Å². The fourth-order valence-electron chi connectivity index (χ4n) is 5.06. The summed E-state index contributed by atoms with van der Waals surface area (Å²) in [6.45, 7) is 1.86. The number of anilines is 1. The Labute approximate surface area is 170 Å². The molecule has 1 aliphatic carbocycles. The summed E-state index contributed by atoms with van der Waals surface area (Å²) in [6, 6.07) is 12.6. The van der Waals surface area contributed by atoms with Gasteiger partial charge in [0.15, 0.2) is 0 Å². The summed E-state index contributed by atoms with van der Waals surface area (Å²) >= 11 is 0. The van der Waals surface area contributed by atoms with Gasteiger partial charge in [0.25, 0.3) is 0 Å². The zero-order valence-electron chi connectivity index (χ0n) is 16.5. The Hall–Kier alpha value is -2.96. The predicted octanol–water partition coefficient (Wildman–Crippen LogP) is 2.91. The summed E-state index contributed by atoms with van der Waals surface area (Å²) < 4.78 is 5.15. The monoisotopic (exact) mass is 391 g/mol. The second kappa shape index (κ2) is 7.46. The van der Waals surface area contributed by atoms with Crippen LogP contribution in [0.5, 0.6) is 6.01 Å². The fourth-order valence-corrected chi connectivity index (χ4v) is 5.06. The Bertz CT molecular complexity index is 904. The molecule has 29 heavy (non-hydrogen) atoms. The van der Waals surface area contributed by atoms with Crippen molar-refractivity contribution in [1.29, 1.82) is 0 Å². The van der Waals surface area contributed by atoms with E-state index in [1.54, 1.807) is 18.3 Å². The van der Waals surface area contributed by atoms with Gasteiger partial charge in [-0.15, -0.1) is 0 Å². The molecule has 1 aromatic carbocycles. The van der Waals surface area contributed by atoms with Crippen LogP contribution < -0.4 is 9.64 Å². The molecule has 0 spiro atoms. The first-order valence-electron chi connectivity index (χ1n) is 10.3. The highest BCUT2D eigenvalue weighted by Gasteiger charge is 2.46. The number of carbonyl (C=O) groups excluding carboxylic acids is 1. The van der Waals surface area contributed by atoms with Gasteiger partial charge in [0.2, 0.25) is 5.91 Å². The average Bonchev–Trinajstić information content (AvgIpc) is 3.48. The number of nitrogens with zero attached hydrogens (tertiary/aromatic N) is 5. The van der Waals surface area contributed by atoms with E-state index in [1.165, 1.54) is 0 Å². The molecule has 1 amide bonds. The standard InChI is InChI=1S/C22H25N5O2/c1-29-22-23-9-8-20(25-22)26-13-17-11-16(12-18(17)14-26)21(28)27-19(7-10-24-27)15-5-3-2-4-6-15/h2-6,8-10,16-19H,7,11-14H2,1H3/t16?,17-,18+,19-/m0/s1. The number of fused-ring (bicyclic) bond motifs is 1. The number of methoxy groups -OCH3 is 1. The van der Waals surface area contributed by atoms with Gasteiger partial charge in [-0.2, -0.15) is 10.1 Å². The van der Waals surface area contributed by atoms with E-state index in [0.717, 1.165) is 43.7 Å². The van der Waals surface area contributed by atoms with Crippen LogP contribution in [0, 0.1) is 17.8 Å². The van der Waals surface area contributed by atoms with E-state index in [2.05, 4.69) is 32.1 Å². The summed E-state index contributed by atoms with van der Waals surface area (Å²) in [5.41, 5.74) is 1.15. The molecule has 150 valence electrons. The second-order valence-corrected chi connectivity index (χ2v) is 8.14. The van der Waals surface area contributed by atoms with Gasteiger partial charge in [0.1, 0.15) is 5.82 Å². The van der Waals surface area contributed by atoms with Crippen LogP contribution in [0.25, 0.3) is 0 Å². The molecule has 2 fully saturated rings. The predicted molar refractivity (Wildman–Crippen MR) is 110 cm³/mol. The van der Waals surface area contributed by atoms with E-state index in [0.29, 0.717) is 17.8 Å². The van der Waals surface area contributed by atoms with Crippen molar-refractivity contribution in [3.05, 3.63) is 48.2 Å². The molecule has 5 rings (SSSR count). The molecule has 2 aliphatic heterocycles. The van der Waals surface area contributed by atoms with Gasteiger partial charge in [0.05, 0.1) is 13.2 Å². The van der Waals surface area contributed by atoms with Crippen LogP contribution in [-0.4, -0.2) is 47.3 Å². The van der Waals surface area contributed by atoms with E-state index in [1.807, 2.05) is 30.5 Å². The molecule has 3 aliphatic rings. The third-order valence-electron chi connectivity index (χ3n) is 6.47. The number of benzene rings is 1. The van der Waals surface area contributed by atoms with E-state index in [4.69, 9.17) is 4.74 Å². The van der Waals surface area contributed by atoms with Crippen LogP contribution >= 0.6 is 0 Å². The van der Waals surface area contributed by atoms with Gasteiger partial charge in [-0.05, 0) is 36.3 Å². The van der Waals surface area contributed by atoms with Gasteiger partial charge in [0, 0.05) is 37.8 Å². The van der Waals surface area contributed by atoms with Gasteiger partial charge in [-0.1, -0.05) is 30.3 Å². The van der Waals surface area contributed by atoms with Crippen LogP contribution in [0.3, 0.4) is 0 Å². The molecule has 0 radical (unpaired) electrons. The molecule has 1 saturated heterocycles. The molecule has 7 nitrogen and oxygen atoms in total. The van der Waals surface area contributed by atoms with Crippen LogP contribution in [0.2, 0.25) is 0 Å². The van der Waals surface area contributed by atoms with Gasteiger partial charge >= 0.3 is 6.01 Å². The summed E-state index contributed by atoms with van der Waals surface area (Å²) in [4.78, 5) is 24.1. The number of hydrogen-bond donors (Lipinski definition) is 0. The highest BCUT2D eigenvalue weighted by Crippen LogP contribution is 2.44. The van der Waals surface area contributed by atoms with Crippen molar-refractivity contribution in [1.82, 2.24) is 15.0 Å². The maximum atomic E-state index is 13.3. The fraction of sp³-hybridized carbons (Fsp3) is 0.455. The number of hydrazone groups is 1. The summed E-state index contributed by atoms with van der Waals surface area (Å²) in [5.74, 6) is 2.19. The number of carbonyl (C=O) groups is 1.